The molecule has 0 fully saturated rings. The molecule has 1 aliphatic carbocycles. The molecular weight excluding hydrogens is 379 g/mol. The second-order valence-corrected chi connectivity index (χ2v) is 12.3. The van der Waals surface area contributed by atoms with Gasteiger partial charge in [0.1, 0.15) is 0 Å². The molecule has 25 heavy (non-hydrogen) atoms. The first-order chi connectivity index (χ1) is 12.3. The highest BCUT2D eigenvalue weighted by atomic mass is 32.4. The van der Waals surface area contributed by atoms with Gasteiger partial charge in [0, 0.05) is 26.4 Å². The summed E-state index contributed by atoms with van der Waals surface area (Å²) in [7, 11) is 0. The Bertz CT molecular complexity index is 1070. The summed E-state index contributed by atoms with van der Waals surface area (Å²) in [4.78, 5) is 2.67. The fourth-order valence-electron chi connectivity index (χ4n) is 3.74. The van der Waals surface area contributed by atoms with Gasteiger partial charge in [0.25, 0.3) is 0 Å². The predicted molar refractivity (Wildman–Crippen MR) is 117 cm³/mol. The monoisotopic (exact) mass is 394 g/mol. The van der Waals surface area contributed by atoms with Gasteiger partial charge in [0.2, 0.25) is 0 Å². The van der Waals surface area contributed by atoms with Crippen LogP contribution in [0, 0.1) is 0 Å². The SMILES string of the molecule is S=P1(c2ccccc2)C(c2cccs2)=C2C=CCC2=C1c1cccs1. The van der Waals surface area contributed by atoms with Gasteiger partial charge < -0.3 is 0 Å². The summed E-state index contributed by atoms with van der Waals surface area (Å²) in [6, 6.07) is 17.5. The van der Waals surface area contributed by atoms with Crippen molar-refractivity contribution < 1.29 is 0 Å². The van der Waals surface area contributed by atoms with Crippen molar-refractivity contribution in [3.05, 3.63) is 98.4 Å². The van der Waals surface area contributed by atoms with E-state index in [1.165, 1.54) is 36.8 Å². The molecule has 2 aromatic heterocycles. The van der Waals surface area contributed by atoms with Crippen LogP contribution in [0.3, 0.4) is 0 Å². The van der Waals surface area contributed by atoms with Crippen molar-refractivity contribution in [3.8, 4) is 0 Å². The largest absolute Gasteiger partial charge is 0.144 e. The molecule has 0 saturated carbocycles. The zero-order chi connectivity index (χ0) is 16.9. The van der Waals surface area contributed by atoms with Gasteiger partial charge in [-0.2, -0.15) is 0 Å². The molecule has 3 heterocycles. The van der Waals surface area contributed by atoms with Crippen molar-refractivity contribution in [1.82, 2.24) is 0 Å². The van der Waals surface area contributed by atoms with Crippen molar-refractivity contribution in [1.29, 1.82) is 0 Å². The lowest BCUT2D eigenvalue weighted by Gasteiger charge is -2.25. The molecule has 1 aliphatic heterocycles. The molecule has 1 aromatic carbocycles. The van der Waals surface area contributed by atoms with Gasteiger partial charge in [0.15, 0.2) is 0 Å². The van der Waals surface area contributed by atoms with E-state index in [1.54, 1.807) is 0 Å². The van der Waals surface area contributed by atoms with Crippen LogP contribution in [0.5, 0.6) is 0 Å². The maximum atomic E-state index is 6.60. The Kier molecular flexibility index (Phi) is 3.79. The zero-order valence-electron chi connectivity index (χ0n) is 13.4. The van der Waals surface area contributed by atoms with Gasteiger partial charge in [-0.25, -0.2) is 0 Å². The molecule has 4 heteroatoms. The fraction of sp³-hybridized carbons (Fsp3) is 0.0476. The second kappa shape index (κ2) is 6.03. The van der Waals surface area contributed by atoms with Crippen LogP contribution in [-0.2, 0) is 11.8 Å². The average molecular weight is 395 g/mol. The van der Waals surface area contributed by atoms with Gasteiger partial charge in [-0.3, -0.25) is 0 Å². The molecule has 122 valence electrons. The fourth-order valence-corrected chi connectivity index (χ4v) is 11.4. The molecule has 0 radical (unpaired) electrons. The summed E-state index contributed by atoms with van der Waals surface area (Å²) in [5.41, 5.74) is 2.84. The highest BCUT2D eigenvalue weighted by Gasteiger charge is 2.42. The molecular formula is C21H15PS3. The lowest BCUT2D eigenvalue weighted by molar-refractivity contribution is 1.35. The predicted octanol–water partition coefficient (Wildman–Crippen LogP) is 6.71. The van der Waals surface area contributed by atoms with Crippen LogP contribution in [0.1, 0.15) is 16.2 Å². The number of hydrogen-bond acceptors (Lipinski definition) is 3. The van der Waals surface area contributed by atoms with Gasteiger partial charge in [-0.15, -0.1) is 22.7 Å². The molecule has 3 aromatic rings. The third-order valence-corrected chi connectivity index (χ3v) is 11.8. The topological polar surface area (TPSA) is 0 Å². The van der Waals surface area contributed by atoms with Crippen LogP contribution >= 0.6 is 28.7 Å². The van der Waals surface area contributed by atoms with E-state index in [1.807, 2.05) is 22.7 Å². The van der Waals surface area contributed by atoms with Crippen molar-refractivity contribution in [2.45, 2.75) is 6.42 Å². The first-order valence-corrected chi connectivity index (χ1v) is 12.7. The van der Waals surface area contributed by atoms with Crippen molar-refractivity contribution in [2.24, 2.45) is 0 Å². The lowest BCUT2D eigenvalue weighted by atomic mass is 10.1. The quantitative estimate of drug-likeness (QED) is 0.445. The van der Waals surface area contributed by atoms with Crippen LogP contribution in [0.15, 0.2) is 88.7 Å². The Labute approximate surface area is 160 Å². The molecule has 2 aliphatic rings. The maximum Gasteiger partial charge on any atom is 0.0416 e. The maximum absolute atomic E-state index is 6.60. The molecule has 1 unspecified atom stereocenters. The van der Waals surface area contributed by atoms with Crippen molar-refractivity contribution in [3.63, 3.8) is 0 Å². The molecule has 0 spiro atoms. The van der Waals surface area contributed by atoms with E-state index in [-0.39, 0.29) is 0 Å². The summed E-state index contributed by atoms with van der Waals surface area (Å²) in [6.07, 6.45) is 5.59. The first-order valence-electron chi connectivity index (χ1n) is 8.19. The summed E-state index contributed by atoms with van der Waals surface area (Å²) in [6.45, 7) is 0. The minimum absolute atomic E-state index is 1.00. The number of allylic oxidation sites excluding steroid dienone is 4. The molecule has 5 rings (SSSR count). The van der Waals surface area contributed by atoms with Crippen molar-refractivity contribution >= 4 is 56.5 Å². The molecule has 0 amide bonds. The summed E-state index contributed by atoms with van der Waals surface area (Å²) >= 11 is 10.2. The van der Waals surface area contributed by atoms with E-state index >= 15 is 0 Å². The van der Waals surface area contributed by atoms with Crippen LogP contribution in [0.25, 0.3) is 10.6 Å². The van der Waals surface area contributed by atoms with E-state index in [0.29, 0.717) is 0 Å². The number of fused-ring (bicyclic) bond motifs is 1. The third-order valence-electron chi connectivity index (χ3n) is 4.73. The Morgan fingerprint density at radius 2 is 1.48 bits per heavy atom. The van der Waals surface area contributed by atoms with Crippen LogP contribution in [0.4, 0.5) is 0 Å². The number of thiophene rings is 2. The molecule has 0 saturated heterocycles. The number of benzene rings is 1. The second-order valence-electron chi connectivity index (χ2n) is 6.10. The summed E-state index contributed by atoms with van der Waals surface area (Å²) in [5.74, 6) is 0. The standard InChI is InChI=1S/C21H15PS3/c23-22(15-7-2-1-3-8-15)20(18-11-5-13-24-18)16-9-4-10-17(16)21(22)19-12-6-14-25-19/h1-9,11-14H,10H2. The van der Waals surface area contributed by atoms with Crippen LogP contribution in [0.2, 0.25) is 0 Å². The Morgan fingerprint density at radius 1 is 0.800 bits per heavy atom. The highest BCUT2D eigenvalue weighted by molar-refractivity contribution is 8.28. The van der Waals surface area contributed by atoms with E-state index in [2.05, 4.69) is 77.5 Å². The average Bonchev–Trinajstić information content (AvgIpc) is 3.41. The molecule has 0 nitrogen and oxygen atoms in total. The van der Waals surface area contributed by atoms with Gasteiger partial charge in [-0.1, -0.05) is 66.4 Å². The number of hydrogen-bond donors (Lipinski definition) is 0. The third kappa shape index (κ3) is 2.27. The first kappa shape index (κ1) is 15.7. The van der Waals surface area contributed by atoms with Gasteiger partial charge >= 0.3 is 0 Å². The van der Waals surface area contributed by atoms with E-state index < -0.39 is 6.04 Å². The lowest BCUT2D eigenvalue weighted by Crippen LogP contribution is -2.05. The van der Waals surface area contributed by atoms with Crippen LogP contribution in [-0.4, -0.2) is 0 Å². The summed E-state index contributed by atoms with van der Waals surface area (Å²) < 4.78 is 0. The Balaban J connectivity index is 1.87. The summed E-state index contributed by atoms with van der Waals surface area (Å²) in [5, 5.41) is 8.45. The minimum Gasteiger partial charge on any atom is -0.144 e. The van der Waals surface area contributed by atoms with E-state index in [9.17, 15) is 0 Å². The smallest absolute Gasteiger partial charge is 0.0416 e. The Hall–Kier alpha value is -1.51. The molecule has 1 atom stereocenters. The molecule has 0 N–H and O–H groups in total. The van der Waals surface area contributed by atoms with Crippen molar-refractivity contribution in [2.75, 3.05) is 0 Å². The highest BCUT2D eigenvalue weighted by Crippen LogP contribution is 2.75. The van der Waals surface area contributed by atoms with Crippen LogP contribution < -0.4 is 5.30 Å². The van der Waals surface area contributed by atoms with E-state index in [4.69, 9.17) is 11.8 Å². The Morgan fingerprint density at radius 3 is 2.12 bits per heavy atom. The van der Waals surface area contributed by atoms with E-state index in [0.717, 1.165) is 6.42 Å². The normalized spacial score (nSPS) is 22.1. The van der Waals surface area contributed by atoms with Gasteiger partial charge in [0.05, 0.1) is 0 Å². The minimum atomic E-state index is -2.04. The zero-order valence-corrected chi connectivity index (χ0v) is 16.7. The molecule has 0 bridgehead atoms. The number of rotatable bonds is 3. The van der Waals surface area contributed by atoms with Gasteiger partial charge in [-0.05, 0) is 45.8 Å².